The molecule has 20 heavy (non-hydrogen) atoms. The summed E-state index contributed by atoms with van der Waals surface area (Å²) in [7, 11) is 2.11. The number of nitrogens with two attached hydrogens (primary N) is 1. The molecule has 0 aliphatic carbocycles. The van der Waals surface area contributed by atoms with E-state index in [2.05, 4.69) is 29.2 Å². The van der Waals surface area contributed by atoms with E-state index in [0.29, 0.717) is 18.2 Å². The van der Waals surface area contributed by atoms with Crippen molar-refractivity contribution >= 4 is 5.91 Å². The highest BCUT2D eigenvalue weighted by Crippen LogP contribution is 2.18. The van der Waals surface area contributed by atoms with Crippen molar-refractivity contribution in [3.05, 3.63) is 23.7 Å². The Bertz CT molecular complexity index is 438. The molecule has 0 bridgehead atoms. The van der Waals surface area contributed by atoms with Gasteiger partial charge in [-0.1, -0.05) is 6.92 Å². The van der Waals surface area contributed by atoms with Gasteiger partial charge in [0.2, 0.25) is 0 Å². The summed E-state index contributed by atoms with van der Waals surface area (Å²) in [5.41, 5.74) is 2.57. The molecule has 1 aromatic rings. The Morgan fingerprint density at radius 1 is 1.55 bits per heavy atom. The average molecular weight is 280 g/mol. The molecule has 6 nitrogen and oxygen atoms in total. The van der Waals surface area contributed by atoms with Crippen LogP contribution in [0, 0.1) is 0 Å². The zero-order valence-electron chi connectivity index (χ0n) is 12.3. The van der Waals surface area contributed by atoms with Crippen LogP contribution in [0.4, 0.5) is 0 Å². The van der Waals surface area contributed by atoms with Crippen LogP contribution in [0.2, 0.25) is 0 Å². The highest BCUT2D eigenvalue weighted by atomic mass is 16.3. The second-order valence-corrected chi connectivity index (χ2v) is 5.36. The number of hydrogen-bond donors (Lipinski definition) is 2. The number of carbonyl (C=O) groups is 1. The lowest BCUT2D eigenvalue weighted by molar-refractivity contribution is 0.0953. The topological polar surface area (TPSA) is 74.7 Å². The molecule has 0 atom stereocenters. The molecule has 112 valence electrons. The zero-order chi connectivity index (χ0) is 14.5. The predicted molar refractivity (Wildman–Crippen MR) is 77.0 cm³/mol. The molecule has 1 aliphatic rings. The first-order valence-electron chi connectivity index (χ1n) is 7.15. The van der Waals surface area contributed by atoms with Gasteiger partial charge in [0.25, 0.3) is 5.91 Å². The number of amides is 1. The molecule has 2 heterocycles. The van der Waals surface area contributed by atoms with Crippen LogP contribution >= 0.6 is 0 Å². The number of hydrogen-bond acceptors (Lipinski definition) is 5. The quantitative estimate of drug-likeness (QED) is 0.474. The van der Waals surface area contributed by atoms with Crippen molar-refractivity contribution < 1.29 is 9.21 Å². The first-order chi connectivity index (χ1) is 9.63. The number of furan rings is 1. The summed E-state index contributed by atoms with van der Waals surface area (Å²) in [4.78, 5) is 16.1. The summed E-state index contributed by atoms with van der Waals surface area (Å²) in [6.45, 7) is 6.37. The molecule has 1 fully saturated rings. The standard InChI is InChI=1S/C14H24N4O2/c1-3-18-6-4-12(5-7-18)17(2)9-13-8-11(10-20-13)14(19)16-15/h8,10,12H,3-7,9,15H2,1-2H3,(H,16,19). The fraction of sp³-hybridized carbons (Fsp3) is 0.643. The predicted octanol–water partition coefficient (Wildman–Crippen LogP) is 0.799. The van der Waals surface area contributed by atoms with Crippen LogP contribution in [0.25, 0.3) is 0 Å². The molecule has 0 radical (unpaired) electrons. The number of nitrogens with one attached hydrogen (secondary N) is 1. The number of rotatable bonds is 5. The monoisotopic (exact) mass is 280 g/mol. The third kappa shape index (κ3) is 3.59. The van der Waals surface area contributed by atoms with Crippen molar-refractivity contribution in [1.29, 1.82) is 0 Å². The smallest absolute Gasteiger partial charge is 0.268 e. The lowest BCUT2D eigenvalue weighted by atomic mass is 10.0. The van der Waals surface area contributed by atoms with E-state index in [4.69, 9.17) is 10.3 Å². The SMILES string of the molecule is CCN1CCC(N(C)Cc2cc(C(=O)NN)co2)CC1. The van der Waals surface area contributed by atoms with E-state index in [-0.39, 0.29) is 5.91 Å². The van der Waals surface area contributed by atoms with Gasteiger partial charge >= 0.3 is 0 Å². The molecule has 0 unspecified atom stereocenters. The van der Waals surface area contributed by atoms with Crippen LogP contribution < -0.4 is 11.3 Å². The second kappa shape index (κ2) is 6.88. The maximum Gasteiger partial charge on any atom is 0.268 e. The molecule has 1 amide bonds. The zero-order valence-corrected chi connectivity index (χ0v) is 12.3. The van der Waals surface area contributed by atoms with Crippen LogP contribution in [0.15, 0.2) is 16.7 Å². The summed E-state index contributed by atoms with van der Waals surface area (Å²) in [6, 6.07) is 2.33. The van der Waals surface area contributed by atoms with Crippen LogP contribution in [0.3, 0.4) is 0 Å². The molecule has 1 saturated heterocycles. The van der Waals surface area contributed by atoms with Gasteiger partial charge in [-0.3, -0.25) is 15.1 Å². The number of likely N-dealkylation sites (tertiary alicyclic amines) is 1. The molecule has 2 rings (SSSR count). The van der Waals surface area contributed by atoms with Crippen molar-refractivity contribution in [2.24, 2.45) is 5.84 Å². The van der Waals surface area contributed by atoms with Gasteiger partial charge in [0.1, 0.15) is 12.0 Å². The van der Waals surface area contributed by atoms with E-state index in [9.17, 15) is 4.79 Å². The van der Waals surface area contributed by atoms with Crippen molar-refractivity contribution in [3.63, 3.8) is 0 Å². The van der Waals surface area contributed by atoms with Gasteiger partial charge in [-0.05, 0) is 45.6 Å². The van der Waals surface area contributed by atoms with Gasteiger partial charge in [-0.25, -0.2) is 5.84 Å². The van der Waals surface area contributed by atoms with Gasteiger partial charge in [0.05, 0.1) is 12.1 Å². The van der Waals surface area contributed by atoms with Crippen molar-refractivity contribution in [1.82, 2.24) is 15.2 Å². The summed E-state index contributed by atoms with van der Waals surface area (Å²) >= 11 is 0. The number of hydrazine groups is 1. The first kappa shape index (κ1) is 15.0. The molecule has 3 N–H and O–H groups in total. The highest BCUT2D eigenvalue weighted by Gasteiger charge is 2.22. The average Bonchev–Trinajstić information content (AvgIpc) is 2.95. The Kier molecular flexibility index (Phi) is 5.17. The Balaban J connectivity index is 1.86. The van der Waals surface area contributed by atoms with E-state index >= 15 is 0 Å². The summed E-state index contributed by atoms with van der Waals surface area (Å²) in [6.07, 6.45) is 3.81. The summed E-state index contributed by atoms with van der Waals surface area (Å²) < 4.78 is 5.42. The maximum atomic E-state index is 11.4. The fourth-order valence-corrected chi connectivity index (χ4v) is 2.72. The number of piperidine rings is 1. The minimum atomic E-state index is -0.320. The summed E-state index contributed by atoms with van der Waals surface area (Å²) in [5.74, 6) is 5.58. The largest absolute Gasteiger partial charge is 0.467 e. The Morgan fingerprint density at radius 3 is 2.85 bits per heavy atom. The molecule has 0 saturated carbocycles. The summed E-state index contributed by atoms with van der Waals surface area (Å²) in [5, 5.41) is 0. The third-order valence-corrected chi connectivity index (χ3v) is 4.08. The van der Waals surface area contributed by atoms with Crippen molar-refractivity contribution in [3.8, 4) is 0 Å². The fourth-order valence-electron chi connectivity index (χ4n) is 2.72. The van der Waals surface area contributed by atoms with Crippen LogP contribution in [-0.2, 0) is 6.54 Å². The van der Waals surface area contributed by atoms with Gasteiger partial charge < -0.3 is 9.32 Å². The Labute approximate surface area is 119 Å². The van der Waals surface area contributed by atoms with E-state index in [0.717, 1.165) is 25.4 Å². The Hall–Kier alpha value is -1.37. The molecular formula is C14H24N4O2. The lowest BCUT2D eigenvalue weighted by Gasteiger charge is -2.35. The number of carbonyl (C=O) groups excluding carboxylic acids is 1. The lowest BCUT2D eigenvalue weighted by Crippen LogP contribution is -2.42. The van der Waals surface area contributed by atoms with E-state index in [1.54, 1.807) is 6.07 Å². The van der Waals surface area contributed by atoms with Gasteiger partial charge in [0.15, 0.2) is 0 Å². The maximum absolute atomic E-state index is 11.4. The molecule has 6 heteroatoms. The number of nitrogens with zero attached hydrogens (tertiary/aromatic N) is 2. The molecule has 0 aromatic carbocycles. The molecular weight excluding hydrogens is 256 g/mol. The van der Waals surface area contributed by atoms with Crippen LogP contribution in [0.1, 0.15) is 35.9 Å². The molecule has 1 aliphatic heterocycles. The van der Waals surface area contributed by atoms with E-state index < -0.39 is 0 Å². The van der Waals surface area contributed by atoms with E-state index in [1.807, 2.05) is 0 Å². The third-order valence-electron chi connectivity index (χ3n) is 4.08. The first-order valence-corrected chi connectivity index (χ1v) is 7.15. The minimum Gasteiger partial charge on any atom is -0.467 e. The minimum absolute atomic E-state index is 0.320. The second-order valence-electron chi connectivity index (χ2n) is 5.36. The van der Waals surface area contributed by atoms with Gasteiger partial charge in [0, 0.05) is 6.04 Å². The molecule has 0 spiro atoms. The normalized spacial score (nSPS) is 17.6. The van der Waals surface area contributed by atoms with E-state index in [1.165, 1.54) is 19.1 Å². The van der Waals surface area contributed by atoms with Crippen molar-refractivity contribution in [2.45, 2.75) is 32.4 Å². The van der Waals surface area contributed by atoms with Crippen LogP contribution in [-0.4, -0.2) is 48.4 Å². The van der Waals surface area contributed by atoms with Crippen molar-refractivity contribution in [2.75, 3.05) is 26.7 Å². The van der Waals surface area contributed by atoms with Gasteiger partial charge in [-0.15, -0.1) is 0 Å². The van der Waals surface area contributed by atoms with Crippen LogP contribution in [0.5, 0.6) is 0 Å². The Morgan fingerprint density at radius 2 is 2.25 bits per heavy atom. The molecule has 1 aromatic heterocycles. The number of nitrogen functional groups attached to an aromatic ring is 1. The highest BCUT2D eigenvalue weighted by molar-refractivity contribution is 5.93. The van der Waals surface area contributed by atoms with Gasteiger partial charge in [-0.2, -0.15) is 0 Å².